The number of rotatable bonds is 5. The number of nitrogens with zero attached hydrogens (tertiary/aromatic N) is 1. The lowest BCUT2D eigenvalue weighted by Crippen LogP contribution is -2.36. The highest BCUT2D eigenvalue weighted by atomic mass is 35.5. The Hall–Kier alpha value is -1.64. The van der Waals surface area contributed by atoms with Crippen LogP contribution < -0.4 is 0 Å². The second-order valence-electron chi connectivity index (χ2n) is 6.31. The Morgan fingerprint density at radius 2 is 1.61 bits per heavy atom. The molecule has 1 heterocycles. The van der Waals surface area contributed by atoms with Gasteiger partial charge in [-0.3, -0.25) is 9.69 Å². The first-order valence-electron chi connectivity index (χ1n) is 8.24. The van der Waals surface area contributed by atoms with Crippen LogP contribution in [0.5, 0.6) is 0 Å². The molecule has 1 fully saturated rings. The van der Waals surface area contributed by atoms with E-state index in [4.69, 9.17) is 11.6 Å². The summed E-state index contributed by atoms with van der Waals surface area (Å²) >= 11 is 5.89. The number of ketones is 1. The molecule has 120 valence electrons. The predicted molar refractivity (Wildman–Crippen MR) is 94.6 cm³/mol. The Kier molecular flexibility index (Phi) is 5.47. The summed E-state index contributed by atoms with van der Waals surface area (Å²) in [6, 6.07) is 18.1. The van der Waals surface area contributed by atoms with E-state index < -0.39 is 0 Å². The summed E-state index contributed by atoms with van der Waals surface area (Å²) in [4.78, 5) is 14.9. The molecule has 0 atom stereocenters. The molecule has 0 amide bonds. The average molecular weight is 328 g/mol. The van der Waals surface area contributed by atoms with Gasteiger partial charge < -0.3 is 0 Å². The van der Waals surface area contributed by atoms with Crippen LogP contribution in [0.1, 0.15) is 24.0 Å². The molecule has 3 heteroatoms. The lowest BCUT2D eigenvalue weighted by Gasteiger charge is -2.31. The van der Waals surface area contributed by atoms with Crippen molar-refractivity contribution in [2.24, 2.45) is 5.92 Å². The minimum Gasteiger partial charge on any atom is -0.299 e. The van der Waals surface area contributed by atoms with Gasteiger partial charge in [0.2, 0.25) is 0 Å². The summed E-state index contributed by atoms with van der Waals surface area (Å²) in [6.45, 7) is 3.00. The van der Waals surface area contributed by atoms with Crippen LogP contribution in [0.15, 0.2) is 54.6 Å². The van der Waals surface area contributed by atoms with Crippen LogP contribution in [0.3, 0.4) is 0 Å². The average Bonchev–Trinajstić information content (AvgIpc) is 2.58. The Bertz CT molecular complexity index is 630. The molecular weight excluding hydrogens is 306 g/mol. The standard InChI is InChI=1S/C20H22ClNO/c21-19-8-6-16(7-9-19)14-20(23)18-10-12-22(13-11-18)15-17-4-2-1-3-5-17/h1-9,18H,10-15H2. The maximum absolute atomic E-state index is 12.5. The van der Waals surface area contributed by atoms with E-state index in [0.717, 1.165) is 43.1 Å². The third-order valence-electron chi connectivity index (χ3n) is 4.58. The second-order valence-corrected chi connectivity index (χ2v) is 6.74. The monoisotopic (exact) mass is 327 g/mol. The number of hydrogen-bond acceptors (Lipinski definition) is 2. The fourth-order valence-corrected chi connectivity index (χ4v) is 3.33. The molecule has 0 radical (unpaired) electrons. The van der Waals surface area contributed by atoms with E-state index in [0.29, 0.717) is 12.2 Å². The summed E-state index contributed by atoms with van der Waals surface area (Å²) in [5.41, 5.74) is 2.41. The predicted octanol–water partition coefficient (Wildman–Crippen LogP) is 4.36. The zero-order valence-corrected chi connectivity index (χ0v) is 14.0. The molecule has 0 aromatic heterocycles. The van der Waals surface area contributed by atoms with Gasteiger partial charge in [0.15, 0.2) is 0 Å². The van der Waals surface area contributed by atoms with E-state index in [1.54, 1.807) is 0 Å². The Morgan fingerprint density at radius 1 is 0.957 bits per heavy atom. The molecule has 2 aromatic rings. The third kappa shape index (κ3) is 4.66. The molecular formula is C20H22ClNO. The van der Waals surface area contributed by atoms with Crippen LogP contribution in [-0.4, -0.2) is 23.8 Å². The summed E-state index contributed by atoms with van der Waals surface area (Å²) in [5, 5.41) is 0.718. The molecule has 0 spiro atoms. The largest absolute Gasteiger partial charge is 0.299 e. The van der Waals surface area contributed by atoms with E-state index in [1.165, 1.54) is 5.56 Å². The Labute approximate surface area is 143 Å². The Morgan fingerprint density at radius 3 is 2.26 bits per heavy atom. The summed E-state index contributed by atoms with van der Waals surface area (Å²) in [7, 11) is 0. The lowest BCUT2D eigenvalue weighted by atomic mass is 9.89. The fraction of sp³-hybridized carbons (Fsp3) is 0.350. The van der Waals surface area contributed by atoms with E-state index in [9.17, 15) is 4.79 Å². The zero-order chi connectivity index (χ0) is 16.1. The lowest BCUT2D eigenvalue weighted by molar-refractivity contribution is -0.123. The van der Waals surface area contributed by atoms with Crippen LogP contribution in [0.2, 0.25) is 5.02 Å². The third-order valence-corrected chi connectivity index (χ3v) is 4.84. The van der Waals surface area contributed by atoms with Gasteiger partial charge in [0.05, 0.1) is 0 Å². The molecule has 1 aliphatic heterocycles. The highest BCUT2D eigenvalue weighted by Crippen LogP contribution is 2.22. The number of carbonyl (C=O) groups is 1. The summed E-state index contributed by atoms with van der Waals surface area (Å²) in [5.74, 6) is 0.574. The van der Waals surface area contributed by atoms with Crippen molar-refractivity contribution in [3.8, 4) is 0 Å². The van der Waals surface area contributed by atoms with Gasteiger partial charge in [0.25, 0.3) is 0 Å². The van der Waals surface area contributed by atoms with Gasteiger partial charge in [-0.15, -0.1) is 0 Å². The molecule has 0 unspecified atom stereocenters. The van der Waals surface area contributed by atoms with Crippen molar-refractivity contribution in [2.45, 2.75) is 25.8 Å². The minimum atomic E-state index is 0.206. The van der Waals surface area contributed by atoms with Crippen molar-refractivity contribution in [3.05, 3.63) is 70.7 Å². The SMILES string of the molecule is O=C(Cc1ccc(Cl)cc1)C1CCN(Cc2ccccc2)CC1. The van der Waals surface area contributed by atoms with Crippen molar-refractivity contribution in [1.82, 2.24) is 4.90 Å². The maximum Gasteiger partial charge on any atom is 0.140 e. The number of likely N-dealkylation sites (tertiary alicyclic amines) is 1. The van der Waals surface area contributed by atoms with Crippen LogP contribution in [-0.2, 0) is 17.8 Å². The number of Topliss-reactive ketones (excluding diaryl/α,β-unsaturated/α-hetero) is 1. The van der Waals surface area contributed by atoms with Gasteiger partial charge >= 0.3 is 0 Å². The molecule has 0 bridgehead atoms. The van der Waals surface area contributed by atoms with Crippen molar-refractivity contribution in [3.63, 3.8) is 0 Å². The summed E-state index contributed by atoms with van der Waals surface area (Å²) in [6.07, 6.45) is 2.47. The van der Waals surface area contributed by atoms with Gasteiger partial charge in [-0.25, -0.2) is 0 Å². The van der Waals surface area contributed by atoms with E-state index in [-0.39, 0.29) is 5.92 Å². The maximum atomic E-state index is 12.5. The van der Waals surface area contributed by atoms with E-state index in [2.05, 4.69) is 29.2 Å². The number of benzene rings is 2. The zero-order valence-electron chi connectivity index (χ0n) is 13.2. The van der Waals surface area contributed by atoms with Crippen LogP contribution in [0.25, 0.3) is 0 Å². The van der Waals surface area contributed by atoms with Gasteiger partial charge in [-0.05, 0) is 49.2 Å². The number of carbonyl (C=O) groups excluding carboxylic acids is 1. The highest BCUT2D eigenvalue weighted by Gasteiger charge is 2.24. The van der Waals surface area contributed by atoms with Crippen LogP contribution in [0.4, 0.5) is 0 Å². The summed E-state index contributed by atoms with van der Waals surface area (Å²) < 4.78 is 0. The molecule has 3 rings (SSSR count). The normalized spacial score (nSPS) is 16.4. The first-order valence-corrected chi connectivity index (χ1v) is 8.62. The molecule has 0 N–H and O–H groups in total. The number of piperidine rings is 1. The molecule has 0 saturated carbocycles. The van der Waals surface area contributed by atoms with Crippen molar-refractivity contribution in [1.29, 1.82) is 0 Å². The van der Waals surface area contributed by atoms with Crippen molar-refractivity contribution in [2.75, 3.05) is 13.1 Å². The van der Waals surface area contributed by atoms with Crippen LogP contribution in [0, 0.1) is 5.92 Å². The molecule has 2 aromatic carbocycles. The highest BCUT2D eigenvalue weighted by molar-refractivity contribution is 6.30. The quantitative estimate of drug-likeness (QED) is 0.813. The number of halogens is 1. The van der Waals surface area contributed by atoms with E-state index >= 15 is 0 Å². The first-order chi connectivity index (χ1) is 11.2. The molecule has 2 nitrogen and oxygen atoms in total. The Balaban J connectivity index is 1.48. The van der Waals surface area contributed by atoms with Gasteiger partial charge in [0.1, 0.15) is 5.78 Å². The smallest absolute Gasteiger partial charge is 0.140 e. The first kappa shape index (κ1) is 16.2. The molecule has 0 aliphatic carbocycles. The topological polar surface area (TPSA) is 20.3 Å². The molecule has 23 heavy (non-hydrogen) atoms. The second kappa shape index (κ2) is 7.76. The molecule has 1 saturated heterocycles. The van der Waals surface area contributed by atoms with Gasteiger partial charge in [-0.1, -0.05) is 54.1 Å². The van der Waals surface area contributed by atoms with Crippen LogP contribution >= 0.6 is 11.6 Å². The molecule has 1 aliphatic rings. The van der Waals surface area contributed by atoms with E-state index in [1.807, 2.05) is 30.3 Å². The fourth-order valence-electron chi connectivity index (χ4n) is 3.20. The van der Waals surface area contributed by atoms with Gasteiger partial charge in [-0.2, -0.15) is 0 Å². The van der Waals surface area contributed by atoms with Crippen molar-refractivity contribution >= 4 is 17.4 Å². The minimum absolute atomic E-state index is 0.206. The number of hydrogen-bond donors (Lipinski definition) is 0. The van der Waals surface area contributed by atoms with Gasteiger partial charge in [0, 0.05) is 23.9 Å². The van der Waals surface area contributed by atoms with Crippen molar-refractivity contribution < 1.29 is 4.79 Å².